The van der Waals surface area contributed by atoms with E-state index in [9.17, 15) is 9.59 Å². The fraction of sp³-hybridized carbons (Fsp3) is 0.714. The van der Waals surface area contributed by atoms with Crippen LogP contribution in [-0.2, 0) is 11.3 Å². The highest BCUT2D eigenvalue weighted by atomic mass is 32.1. The van der Waals surface area contributed by atoms with Crippen LogP contribution in [0.5, 0.6) is 0 Å². The predicted molar refractivity (Wildman–Crippen MR) is 81.1 cm³/mol. The van der Waals surface area contributed by atoms with Crippen LogP contribution >= 0.6 is 11.3 Å². The van der Waals surface area contributed by atoms with Gasteiger partial charge < -0.3 is 14.6 Å². The third-order valence-corrected chi connectivity index (χ3v) is 4.21. The van der Waals surface area contributed by atoms with Crippen LogP contribution in [0.2, 0.25) is 0 Å². The highest BCUT2D eigenvalue weighted by Crippen LogP contribution is 2.04. The van der Waals surface area contributed by atoms with Crippen molar-refractivity contribution in [3.63, 3.8) is 0 Å². The van der Waals surface area contributed by atoms with E-state index in [0.717, 1.165) is 31.5 Å². The van der Waals surface area contributed by atoms with Crippen molar-refractivity contribution in [1.29, 1.82) is 0 Å². The summed E-state index contributed by atoms with van der Waals surface area (Å²) in [6.45, 7) is 3.47. The smallest absolute Gasteiger partial charge is 0.307 e. The third-order valence-electron chi connectivity index (χ3n) is 3.33. The monoisotopic (exact) mass is 300 g/mol. The molecule has 114 valence electrons. The Bertz CT molecular complexity index is 467. The summed E-state index contributed by atoms with van der Waals surface area (Å²) in [7, 11) is 1.81. The number of nitrogens with zero attached hydrogens (tertiary/aromatic N) is 2. The minimum Gasteiger partial charge on any atom is -0.396 e. The largest absolute Gasteiger partial charge is 0.396 e. The van der Waals surface area contributed by atoms with E-state index in [0.29, 0.717) is 19.4 Å². The molecule has 0 aliphatic heterocycles. The number of thiazole rings is 1. The van der Waals surface area contributed by atoms with Gasteiger partial charge in [0.15, 0.2) is 0 Å². The van der Waals surface area contributed by atoms with Crippen molar-refractivity contribution in [2.24, 2.45) is 0 Å². The van der Waals surface area contributed by atoms with E-state index in [1.54, 1.807) is 9.47 Å². The van der Waals surface area contributed by atoms with Crippen LogP contribution < -0.4 is 4.87 Å². The number of carbonyl (C=O) groups excluding carboxylic acids is 1. The molecule has 5 nitrogen and oxygen atoms in total. The number of carbonyl (C=O) groups is 1. The Morgan fingerprint density at radius 3 is 2.70 bits per heavy atom. The molecule has 1 rings (SSSR count). The molecule has 0 aromatic carbocycles. The van der Waals surface area contributed by atoms with E-state index in [4.69, 9.17) is 5.11 Å². The standard InChI is InChI=1S/C14H24N2O3S/c1-12-11-20-14(19)16(12)9-6-7-13(18)15(2)8-4-3-5-10-17/h11,17H,3-10H2,1-2H3. The molecule has 0 radical (unpaired) electrons. The van der Waals surface area contributed by atoms with Crippen molar-refractivity contribution in [1.82, 2.24) is 9.47 Å². The van der Waals surface area contributed by atoms with Gasteiger partial charge in [0.25, 0.3) is 0 Å². The van der Waals surface area contributed by atoms with Crippen LogP contribution in [0.15, 0.2) is 10.2 Å². The topological polar surface area (TPSA) is 62.5 Å². The van der Waals surface area contributed by atoms with Crippen LogP contribution in [0.1, 0.15) is 37.8 Å². The molecule has 0 bridgehead atoms. The second-order valence-corrected chi connectivity index (χ2v) is 5.82. The van der Waals surface area contributed by atoms with Gasteiger partial charge in [-0.1, -0.05) is 11.3 Å². The van der Waals surface area contributed by atoms with Crippen molar-refractivity contribution in [3.05, 3.63) is 20.7 Å². The molecule has 0 saturated carbocycles. The lowest BCUT2D eigenvalue weighted by Crippen LogP contribution is -2.28. The molecular formula is C14H24N2O3S. The Balaban J connectivity index is 2.24. The van der Waals surface area contributed by atoms with Gasteiger partial charge in [0, 0.05) is 44.2 Å². The molecule has 1 heterocycles. The molecule has 0 fully saturated rings. The molecule has 20 heavy (non-hydrogen) atoms. The maximum atomic E-state index is 11.9. The second-order valence-electron chi connectivity index (χ2n) is 5.00. The van der Waals surface area contributed by atoms with Crippen LogP contribution in [-0.4, -0.2) is 40.7 Å². The zero-order chi connectivity index (χ0) is 15.0. The number of hydrogen-bond donors (Lipinski definition) is 1. The Morgan fingerprint density at radius 2 is 2.10 bits per heavy atom. The number of aliphatic hydroxyl groups excluding tert-OH is 1. The van der Waals surface area contributed by atoms with E-state index in [1.807, 2.05) is 19.4 Å². The average Bonchev–Trinajstić information content (AvgIpc) is 2.74. The van der Waals surface area contributed by atoms with Crippen molar-refractivity contribution >= 4 is 17.2 Å². The quantitative estimate of drug-likeness (QED) is 0.705. The molecular weight excluding hydrogens is 276 g/mol. The first-order valence-corrected chi connectivity index (χ1v) is 7.94. The number of rotatable bonds is 9. The second kappa shape index (κ2) is 8.92. The van der Waals surface area contributed by atoms with Gasteiger partial charge in [0.1, 0.15) is 0 Å². The first-order chi connectivity index (χ1) is 9.56. The number of amides is 1. The molecule has 0 saturated heterocycles. The van der Waals surface area contributed by atoms with Crippen molar-refractivity contribution in [2.75, 3.05) is 20.2 Å². The first kappa shape index (κ1) is 16.9. The highest BCUT2D eigenvalue weighted by molar-refractivity contribution is 7.07. The van der Waals surface area contributed by atoms with Gasteiger partial charge in [-0.3, -0.25) is 9.59 Å². The minimum atomic E-state index is 0.0484. The zero-order valence-corrected chi connectivity index (χ0v) is 13.1. The number of aryl methyl sites for hydroxylation is 1. The molecule has 0 atom stereocenters. The van der Waals surface area contributed by atoms with E-state index < -0.39 is 0 Å². The summed E-state index contributed by atoms with van der Waals surface area (Å²) >= 11 is 1.20. The lowest BCUT2D eigenvalue weighted by Gasteiger charge is -2.17. The normalized spacial score (nSPS) is 10.8. The first-order valence-electron chi connectivity index (χ1n) is 7.06. The summed E-state index contributed by atoms with van der Waals surface area (Å²) in [6, 6.07) is 0. The molecule has 1 N–H and O–H groups in total. The van der Waals surface area contributed by atoms with Crippen LogP contribution in [0, 0.1) is 6.92 Å². The van der Waals surface area contributed by atoms with Gasteiger partial charge in [0.05, 0.1) is 0 Å². The van der Waals surface area contributed by atoms with E-state index in [2.05, 4.69) is 0 Å². The number of hydrogen-bond acceptors (Lipinski definition) is 4. The predicted octanol–water partition coefficient (Wildman–Crippen LogP) is 1.62. The minimum absolute atomic E-state index is 0.0484. The van der Waals surface area contributed by atoms with Gasteiger partial charge in [-0.15, -0.1) is 0 Å². The Labute approximate surface area is 123 Å². The Morgan fingerprint density at radius 1 is 1.35 bits per heavy atom. The zero-order valence-electron chi connectivity index (χ0n) is 12.3. The van der Waals surface area contributed by atoms with Crippen LogP contribution in [0.3, 0.4) is 0 Å². The fourth-order valence-corrected chi connectivity index (χ4v) is 2.78. The summed E-state index contributed by atoms with van der Waals surface area (Å²) in [5.41, 5.74) is 0.963. The molecule has 1 amide bonds. The number of unbranched alkanes of at least 4 members (excludes halogenated alkanes) is 2. The van der Waals surface area contributed by atoms with E-state index in [1.165, 1.54) is 11.3 Å². The highest BCUT2D eigenvalue weighted by Gasteiger charge is 2.09. The van der Waals surface area contributed by atoms with Gasteiger partial charge in [-0.2, -0.15) is 0 Å². The molecule has 0 aliphatic rings. The Kier molecular flexibility index (Phi) is 7.54. The van der Waals surface area contributed by atoms with Crippen molar-refractivity contribution in [2.45, 2.75) is 45.6 Å². The summed E-state index contributed by atoms with van der Waals surface area (Å²) in [5.74, 6) is 0.120. The summed E-state index contributed by atoms with van der Waals surface area (Å²) in [5, 5.41) is 10.5. The van der Waals surface area contributed by atoms with Crippen LogP contribution in [0.25, 0.3) is 0 Å². The van der Waals surface area contributed by atoms with Crippen molar-refractivity contribution in [3.8, 4) is 0 Å². The lowest BCUT2D eigenvalue weighted by molar-refractivity contribution is -0.130. The van der Waals surface area contributed by atoms with Gasteiger partial charge in [-0.05, 0) is 32.6 Å². The average molecular weight is 300 g/mol. The summed E-state index contributed by atoms with van der Waals surface area (Å²) < 4.78 is 1.72. The van der Waals surface area contributed by atoms with Gasteiger partial charge in [-0.25, -0.2) is 0 Å². The van der Waals surface area contributed by atoms with Crippen molar-refractivity contribution < 1.29 is 9.90 Å². The molecule has 1 aromatic rings. The molecule has 0 spiro atoms. The van der Waals surface area contributed by atoms with E-state index in [-0.39, 0.29) is 17.4 Å². The van der Waals surface area contributed by atoms with Gasteiger partial charge >= 0.3 is 4.87 Å². The summed E-state index contributed by atoms with van der Waals surface area (Å²) in [6.07, 6.45) is 3.82. The number of aromatic nitrogens is 1. The molecule has 0 unspecified atom stereocenters. The van der Waals surface area contributed by atoms with Crippen LogP contribution in [0.4, 0.5) is 0 Å². The fourth-order valence-electron chi connectivity index (χ4n) is 2.02. The third kappa shape index (κ3) is 5.46. The molecule has 6 heteroatoms. The maximum Gasteiger partial charge on any atom is 0.307 e. The molecule has 1 aromatic heterocycles. The van der Waals surface area contributed by atoms with Gasteiger partial charge in [0.2, 0.25) is 5.91 Å². The maximum absolute atomic E-state index is 11.9. The summed E-state index contributed by atoms with van der Waals surface area (Å²) in [4.78, 5) is 25.2. The lowest BCUT2D eigenvalue weighted by atomic mass is 10.2. The SMILES string of the molecule is Cc1csc(=O)n1CCCC(=O)N(C)CCCCCO. The number of aliphatic hydroxyl groups is 1. The molecule has 0 aliphatic carbocycles. The van der Waals surface area contributed by atoms with E-state index >= 15 is 0 Å². The Hall–Kier alpha value is -1.14.